The molecule has 120 valence electrons. The average molecular weight is 314 g/mol. The number of hydrogen-bond acceptors (Lipinski definition) is 4. The van der Waals surface area contributed by atoms with Gasteiger partial charge in [0.1, 0.15) is 5.76 Å². The van der Waals surface area contributed by atoms with E-state index in [0.29, 0.717) is 17.7 Å². The summed E-state index contributed by atoms with van der Waals surface area (Å²) in [7, 11) is -0.473. The van der Waals surface area contributed by atoms with Crippen molar-refractivity contribution in [3.05, 3.63) is 17.9 Å². The first-order chi connectivity index (χ1) is 9.89. The van der Waals surface area contributed by atoms with Crippen LogP contribution < -0.4 is 5.32 Å². The molecule has 0 spiro atoms. The van der Waals surface area contributed by atoms with Crippen LogP contribution >= 0.6 is 0 Å². The summed E-state index contributed by atoms with van der Waals surface area (Å²) < 4.78 is 30.5. The molecule has 0 amide bonds. The van der Waals surface area contributed by atoms with Crippen LogP contribution in [0.3, 0.4) is 0 Å². The molecule has 1 aromatic rings. The second kappa shape index (κ2) is 6.50. The van der Waals surface area contributed by atoms with Crippen molar-refractivity contribution in [1.29, 1.82) is 0 Å². The largest absolute Gasteiger partial charge is 0.447 e. The van der Waals surface area contributed by atoms with E-state index >= 15 is 0 Å². The molecule has 1 fully saturated rings. The van der Waals surface area contributed by atoms with Gasteiger partial charge in [0.15, 0.2) is 0 Å². The molecular weight excluding hydrogens is 288 g/mol. The van der Waals surface area contributed by atoms with Crippen LogP contribution in [0.25, 0.3) is 0 Å². The summed E-state index contributed by atoms with van der Waals surface area (Å²) >= 11 is 0. The van der Waals surface area contributed by atoms with E-state index in [0.717, 1.165) is 10.8 Å². The summed E-state index contributed by atoms with van der Waals surface area (Å²) in [5.41, 5.74) is 0.422. The maximum Gasteiger partial charge on any atom is 0.275 e. The Morgan fingerprint density at radius 2 is 1.95 bits per heavy atom. The monoisotopic (exact) mass is 314 g/mol. The number of nitrogens with zero attached hydrogens (tertiary/aromatic N) is 1. The lowest BCUT2D eigenvalue weighted by atomic mass is 9.83. The molecule has 1 saturated carbocycles. The van der Waals surface area contributed by atoms with Gasteiger partial charge in [0.25, 0.3) is 10.0 Å². The second-order valence-electron chi connectivity index (χ2n) is 6.17. The van der Waals surface area contributed by atoms with Crippen molar-refractivity contribution in [3.63, 3.8) is 0 Å². The lowest BCUT2D eigenvalue weighted by molar-refractivity contribution is 0.262. The minimum atomic E-state index is -3.47. The standard InChI is InChI=1S/C15H26N2O3S/c1-4-15(9-5-6-10-15)12-16-11-13-7-8-14(20-13)21(18,19)17(2)3/h7-8,16H,4-6,9-12H2,1-3H3. The summed E-state index contributed by atoms with van der Waals surface area (Å²) in [6, 6.07) is 3.26. The molecule has 0 bridgehead atoms. The Kier molecular flexibility index (Phi) is 5.11. The molecule has 0 aliphatic heterocycles. The fraction of sp³-hybridized carbons (Fsp3) is 0.733. The van der Waals surface area contributed by atoms with Crippen LogP contribution in [0.15, 0.2) is 21.6 Å². The van der Waals surface area contributed by atoms with Crippen molar-refractivity contribution in [2.75, 3.05) is 20.6 Å². The molecule has 0 aromatic carbocycles. The highest BCUT2D eigenvalue weighted by molar-refractivity contribution is 7.88. The highest BCUT2D eigenvalue weighted by Gasteiger charge is 2.31. The molecular formula is C15H26N2O3S. The van der Waals surface area contributed by atoms with Gasteiger partial charge in [0.05, 0.1) is 6.54 Å². The summed E-state index contributed by atoms with van der Waals surface area (Å²) in [5, 5.41) is 3.44. The molecule has 21 heavy (non-hydrogen) atoms. The quantitative estimate of drug-likeness (QED) is 0.840. The van der Waals surface area contributed by atoms with Gasteiger partial charge < -0.3 is 9.73 Å². The van der Waals surface area contributed by atoms with Gasteiger partial charge in [-0.15, -0.1) is 0 Å². The van der Waals surface area contributed by atoms with E-state index in [1.165, 1.54) is 52.3 Å². The molecule has 2 rings (SSSR count). The van der Waals surface area contributed by atoms with Gasteiger partial charge in [0, 0.05) is 20.6 Å². The van der Waals surface area contributed by atoms with Crippen LogP contribution in [0.2, 0.25) is 0 Å². The SMILES string of the molecule is CCC1(CNCc2ccc(S(=O)(=O)N(C)C)o2)CCCC1. The van der Waals surface area contributed by atoms with Crippen LogP contribution in [0.1, 0.15) is 44.8 Å². The molecule has 1 aliphatic carbocycles. The maximum absolute atomic E-state index is 11.9. The number of hydrogen-bond donors (Lipinski definition) is 1. The van der Waals surface area contributed by atoms with Gasteiger partial charge in [0.2, 0.25) is 5.09 Å². The summed E-state index contributed by atoms with van der Waals surface area (Å²) in [5.74, 6) is 0.666. The Morgan fingerprint density at radius 3 is 2.52 bits per heavy atom. The molecule has 5 nitrogen and oxygen atoms in total. The first kappa shape index (κ1) is 16.5. The van der Waals surface area contributed by atoms with E-state index in [9.17, 15) is 8.42 Å². The van der Waals surface area contributed by atoms with E-state index in [2.05, 4.69) is 12.2 Å². The van der Waals surface area contributed by atoms with E-state index in [-0.39, 0.29) is 5.09 Å². The van der Waals surface area contributed by atoms with Gasteiger partial charge in [-0.2, -0.15) is 0 Å². The van der Waals surface area contributed by atoms with Crippen molar-refractivity contribution in [1.82, 2.24) is 9.62 Å². The Bertz CT molecular complexity index is 557. The Labute approximate surface area is 127 Å². The predicted molar refractivity (Wildman–Crippen MR) is 82.5 cm³/mol. The van der Waals surface area contributed by atoms with Crippen molar-refractivity contribution in [2.45, 2.75) is 50.7 Å². The molecule has 0 radical (unpaired) electrons. The Morgan fingerprint density at radius 1 is 1.29 bits per heavy atom. The topological polar surface area (TPSA) is 62.6 Å². The van der Waals surface area contributed by atoms with Crippen molar-refractivity contribution in [2.24, 2.45) is 5.41 Å². The van der Waals surface area contributed by atoms with Gasteiger partial charge >= 0.3 is 0 Å². The van der Waals surface area contributed by atoms with Crippen molar-refractivity contribution < 1.29 is 12.8 Å². The van der Waals surface area contributed by atoms with Gasteiger partial charge in [-0.1, -0.05) is 19.8 Å². The third-order valence-electron chi connectivity index (χ3n) is 4.59. The molecule has 0 unspecified atom stereocenters. The molecule has 1 N–H and O–H groups in total. The second-order valence-corrected chi connectivity index (χ2v) is 8.26. The van der Waals surface area contributed by atoms with E-state index in [1.807, 2.05) is 0 Å². The lowest BCUT2D eigenvalue weighted by Gasteiger charge is -2.27. The number of nitrogens with one attached hydrogen (secondary N) is 1. The molecule has 1 heterocycles. The van der Waals surface area contributed by atoms with Crippen LogP contribution in [-0.4, -0.2) is 33.4 Å². The first-order valence-corrected chi connectivity index (χ1v) is 9.06. The van der Waals surface area contributed by atoms with Gasteiger partial charge in [-0.25, -0.2) is 12.7 Å². The van der Waals surface area contributed by atoms with Gasteiger partial charge in [-0.3, -0.25) is 0 Å². The smallest absolute Gasteiger partial charge is 0.275 e. The fourth-order valence-corrected chi connectivity index (χ4v) is 3.82. The zero-order valence-corrected chi connectivity index (χ0v) is 14.0. The molecule has 1 aromatic heterocycles. The summed E-state index contributed by atoms with van der Waals surface area (Å²) in [6.45, 7) is 3.80. The number of rotatable bonds is 7. The van der Waals surface area contributed by atoms with E-state index in [4.69, 9.17) is 4.42 Å². The zero-order chi connectivity index (χ0) is 15.5. The van der Waals surface area contributed by atoms with Crippen LogP contribution in [-0.2, 0) is 16.6 Å². The van der Waals surface area contributed by atoms with E-state index in [1.54, 1.807) is 6.07 Å². The normalized spacial score (nSPS) is 18.5. The summed E-state index contributed by atoms with van der Waals surface area (Å²) in [6.07, 6.45) is 6.41. The van der Waals surface area contributed by atoms with Crippen molar-refractivity contribution in [3.8, 4) is 0 Å². The van der Waals surface area contributed by atoms with Crippen molar-refractivity contribution >= 4 is 10.0 Å². The first-order valence-electron chi connectivity index (χ1n) is 7.62. The van der Waals surface area contributed by atoms with Crippen LogP contribution in [0.4, 0.5) is 0 Å². The molecule has 0 saturated heterocycles. The van der Waals surface area contributed by atoms with Gasteiger partial charge in [-0.05, 0) is 36.8 Å². The number of furan rings is 1. The fourth-order valence-electron chi connectivity index (χ4n) is 3.00. The average Bonchev–Trinajstić information content (AvgIpc) is 3.08. The maximum atomic E-state index is 11.9. The number of sulfonamides is 1. The van der Waals surface area contributed by atoms with Crippen LogP contribution in [0, 0.1) is 5.41 Å². The predicted octanol–water partition coefficient (Wildman–Crippen LogP) is 2.59. The summed E-state index contributed by atoms with van der Waals surface area (Å²) in [4.78, 5) is 0. The highest BCUT2D eigenvalue weighted by atomic mass is 32.2. The third kappa shape index (κ3) is 3.67. The Balaban J connectivity index is 1.92. The molecule has 0 atom stereocenters. The third-order valence-corrected chi connectivity index (χ3v) is 6.27. The van der Waals surface area contributed by atoms with E-state index < -0.39 is 10.0 Å². The Hall–Kier alpha value is -0.850. The van der Waals surface area contributed by atoms with Crippen LogP contribution in [0.5, 0.6) is 0 Å². The molecule has 6 heteroatoms. The zero-order valence-electron chi connectivity index (χ0n) is 13.2. The highest BCUT2D eigenvalue weighted by Crippen LogP contribution is 2.40. The molecule has 1 aliphatic rings. The minimum Gasteiger partial charge on any atom is -0.447 e. The minimum absolute atomic E-state index is 0.00960. The lowest BCUT2D eigenvalue weighted by Crippen LogP contribution is -2.31.